The van der Waals surface area contributed by atoms with Gasteiger partial charge in [-0.05, 0) is 32.1 Å². The minimum Gasteiger partial charge on any atom is -0.466 e. The van der Waals surface area contributed by atoms with Crippen LogP contribution in [-0.2, 0) is 19.1 Å². The fraction of sp³-hybridized carbons (Fsp3) is 0.867. The molecule has 2 aliphatic carbocycles. The molecule has 0 saturated heterocycles. The summed E-state index contributed by atoms with van der Waals surface area (Å²) in [5.41, 5.74) is 0.0931. The lowest BCUT2D eigenvalue weighted by molar-refractivity contribution is -0.169. The van der Waals surface area contributed by atoms with Crippen molar-refractivity contribution >= 4 is 11.9 Å². The number of carbonyl (C=O) groups excluding carboxylic acids is 2. The zero-order valence-electron chi connectivity index (χ0n) is 12.3. The lowest BCUT2D eigenvalue weighted by atomic mass is 9.70. The quantitative estimate of drug-likeness (QED) is 0.581. The zero-order valence-corrected chi connectivity index (χ0v) is 12.3. The Bertz CT molecular complexity index is 383. The van der Waals surface area contributed by atoms with Crippen LogP contribution in [0.15, 0.2) is 0 Å². The summed E-state index contributed by atoms with van der Waals surface area (Å²) < 4.78 is 10.4. The van der Waals surface area contributed by atoms with Gasteiger partial charge < -0.3 is 9.47 Å². The highest BCUT2D eigenvalue weighted by Gasteiger charge is 2.61. The van der Waals surface area contributed by atoms with Gasteiger partial charge in [0.2, 0.25) is 0 Å². The topological polar surface area (TPSA) is 52.6 Å². The number of ether oxygens (including phenoxy) is 2. The van der Waals surface area contributed by atoms with Gasteiger partial charge in [0.25, 0.3) is 0 Å². The highest BCUT2D eigenvalue weighted by molar-refractivity contribution is 5.91. The van der Waals surface area contributed by atoms with Gasteiger partial charge in [0, 0.05) is 10.8 Å². The predicted molar refractivity (Wildman–Crippen MR) is 70.4 cm³/mol. The molecule has 2 saturated carbocycles. The van der Waals surface area contributed by atoms with Crippen molar-refractivity contribution in [1.82, 2.24) is 0 Å². The normalized spacial score (nSPS) is 35.2. The number of hydrogen-bond acceptors (Lipinski definition) is 4. The van der Waals surface area contributed by atoms with Gasteiger partial charge >= 0.3 is 11.9 Å². The van der Waals surface area contributed by atoms with Crippen molar-refractivity contribution in [3.8, 4) is 0 Å². The number of esters is 2. The number of carbonyl (C=O) groups is 2. The van der Waals surface area contributed by atoms with Gasteiger partial charge in [-0.3, -0.25) is 9.59 Å². The lowest BCUT2D eigenvalue weighted by Crippen LogP contribution is -2.43. The Labute approximate surface area is 114 Å². The first kappa shape index (κ1) is 14.4. The fourth-order valence-electron chi connectivity index (χ4n) is 4.05. The molecule has 0 aromatic heterocycles. The molecule has 2 bridgehead atoms. The van der Waals surface area contributed by atoms with Crippen molar-refractivity contribution in [1.29, 1.82) is 0 Å². The van der Waals surface area contributed by atoms with E-state index < -0.39 is 11.9 Å². The summed E-state index contributed by atoms with van der Waals surface area (Å²) in [4.78, 5) is 23.2. The van der Waals surface area contributed by atoms with Crippen molar-refractivity contribution in [2.75, 3.05) is 6.61 Å². The molecule has 2 aliphatic rings. The summed E-state index contributed by atoms with van der Waals surface area (Å²) in [6, 6.07) is 0. The lowest BCUT2D eigenvalue weighted by Gasteiger charge is -2.41. The van der Waals surface area contributed by atoms with Gasteiger partial charge in [0.05, 0.1) is 6.61 Å². The Morgan fingerprint density at radius 1 is 1.21 bits per heavy atom. The summed E-state index contributed by atoms with van der Waals surface area (Å²) in [6.45, 7) is 8.56. The van der Waals surface area contributed by atoms with Gasteiger partial charge in [0.1, 0.15) is 12.5 Å². The molecule has 0 N–H and O–H groups in total. The van der Waals surface area contributed by atoms with E-state index in [4.69, 9.17) is 9.47 Å². The minimum atomic E-state index is -0.501. The van der Waals surface area contributed by atoms with Crippen LogP contribution < -0.4 is 0 Å². The monoisotopic (exact) mass is 268 g/mol. The summed E-state index contributed by atoms with van der Waals surface area (Å²) in [7, 11) is 0. The van der Waals surface area contributed by atoms with Crippen molar-refractivity contribution in [2.24, 2.45) is 16.7 Å². The maximum atomic E-state index is 11.9. The molecule has 0 heterocycles. The van der Waals surface area contributed by atoms with E-state index in [1.807, 2.05) is 0 Å². The van der Waals surface area contributed by atoms with Crippen LogP contribution in [0.4, 0.5) is 0 Å². The van der Waals surface area contributed by atoms with Crippen molar-refractivity contribution in [2.45, 2.75) is 59.5 Å². The smallest absolute Gasteiger partial charge is 0.317 e. The molecule has 4 heteroatoms. The SMILES string of the molecule is CCOC(=O)CC(=O)O[C@@H]1C2(C)CCC(C2)C1(C)C. The Kier molecular flexibility index (Phi) is 3.63. The Morgan fingerprint density at radius 3 is 2.42 bits per heavy atom. The van der Waals surface area contributed by atoms with E-state index >= 15 is 0 Å². The van der Waals surface area contributed by atoms with Crippen LogP contribution in [0.3, 0.4) is 0 Å². The standard InChI is InChI=1S/C15H24O4/c1-5-18-11(16)8-12(17)19-13-14(2,3)10-6-7-15(13,4)9-10/h10,13H,5-9H2,1-4H3/t10?,13-,15?/m0/s1. The molecule has 108 valence electrons. The van der Waals surface area contributed by atoms with E-state index in [-0.39, 0.29) is 23.4 Å². The Hall–Kier alpha value is -1.06. The maximum Gasteiger partial charge on any atom is 0.317 e. The molecule has 2 fully saturated rings. The average molecular weight is 268 g/mol. The largest absolute Gasteiger partial charge is 0.466 e. The second-order valence-corrected chi connectivity index (χ2v) is 6.77. The zero-order chi connectivity index (χ0) is 14.3. The first-order valence-electron chi connectivity index (χ1n) is 7.14. The van der Waals surface area contributed by atoms with Crippen molar-refractivity contribution in [3.63, 3.8) is 0 Å². The predicted octanol–water partition coefficient (Wildman–Crippen LogP) is 2.70. The summed E-state index contributed by atoms with van der Waals surface area (Å²) in [5.74, 6) is -0.332. The van der Waals surface area contributed by atoms with E-state index in [1.165, 1.54) is 6.42 Å². The second-order valence-electron chi connectivity index (χ2n) is 6.77. The van der Waals surface area contributed by atoms with Crippen molar-refractivity contribution in [3.05, 3.63) is 0 Å². The minimum absolute atomic E-state index is 0.0112. The van der Waals surface area contributed by atoms with Gasteiger partial charge in [-0.15, -0.1) is 0 Å². The van der Waals surface area contributed by atoms with E-state index in [9.17, 15) is 9.59 Å². The van der Waals surface area contributed by atoms with Crippen LogP contribution in [0.5, 0.6) is 0 Å². The first-order chi connectivity index (χ1) is 8.79. The highest BCUT2D eigenvalue weighted by Crippen LogP contribution is 2.63. The molecule has 0 aromatic carbocycles. The third-order valence-electron chi connectivity index (χ3n) is 4.98. The number of rotatable bonds is 4. The van der Waals surface area contributed by atoms with Crippen LogP contribution in [-0.4, -0.2) is 24.6 Å². The molecule has 2 unspecified atom stereocenters. The van der Waals surface area contributed by atoms with Gasteiger partial charge in [0.15, 0.2) is 0 Å². The summed E-state index contributed by atoms with van der Waals surface area (Å²) in [5, 5.41) is 0. The maximum absolute atomic E-state index is 11.9. The van der Waals surface area contributed by atoms with E-state index in [2.05, 4.69) is 20.8 Å². The van der Waals surface area contributed by atoms with Crippen LogP contribution in [0.1, 0.15) is 53.4 Å². The molecular formula is C15H24O4. The van der Waals surface area contributed by atoms with Crippen LogP contribution >= 0.6 is 0 Å². The highest BCUT2D eigenvalue weighted by atomic mass is 16.6. The molecule has 3 atom stereocenters. The molecule has 2 rings (SSSR count). The first-order valence-corrected chi connectivity index (χ1v) is 7.14. The molecule has 0 radical (unpaired) electrons. The summed E-state index contributed by atoms with van der Waals surface area (Å²) >= 11 is 0. The van der Waals surface area contributed by atoms with E-state index in [0.29, 0.717) is 12.5 Å². The van der Waals surface area contributed by atoms with Crippen molar-refractivity contribution < 1.29 is 19.1 Å². The van der Waals surface area contributed by atoms with Gasteiger partial charge in [-0.25, -0.2) is 0 Å². The summed E-state index contributed by atoms with van der Waals surface area (Å²) in [6.07, 6.45) is 3.09. The van der Waals surface area contributed by atoms with Gasteiger partial charge in [-0.2, -0.15) is 0 Å². The third kappa shape index (κ3) is 2.49. The van der Waals surface area contributed by atoms with Crippen LogP contribution in [0.2, 0.25) is 0 Å². The Balaban J connectivity index is 1.99. The molecule has 0 amide bonds. The molecular weight excluding hydrogens is 244 g/mol. The molecule has 0 spiro atoms. The molecule has 0 aromatic rings. The average Bonchev–Trinajstić information content (AvgIpc) is 2.76. The molecule has 19 heavy (non-hydrogen) atoms. The molecule has 0 aliphatic heterocycles. The second kappa shape index (κ2) is 4.80. The number of hydrogen-bond donors (Lipinski definition) is 0. The third-order valence-corrected chi connectivity index (χ3v) is 4.98. The van der Waals surface area contributed by atoms with Gasteiger partial charge in [-0.1, -0.05) is 20.8 Å². The molecule has 4 nitrogen and oxygen atoms in total. The fourth-order valence-corrected chi connectivity index (χ4v) is 4.05. The van der Waals surface area contributed by atoms with E-state index in [0.717, 1.165) is 12.8 Å². The van der Waals surface area contributed by atoms with Crippen LogP contribution in [0, 0.1) is 16.7 Å². The number of fused-ring (bicyclic) bond motifs is 2. The van der Waals surface area contributed by atoms with E-state index in [1.54, 1.807) is 6.92 Å². The van der Waals surface area contributed by atoms with Crippen LogP contribution in [0.25, 0.3) is 0 Å². The Morgan fingerprint density at radius 2 is 1.89 bits per heavy atom.